The van der Waals surface area contributed by atoms with Gasteiger partial charge in [0.25, 0.3) is 5.56 Å². The summed E-state index contributed by atoms with van der Waals surface area (Å²) in [6, 6.07) is -0.350. The monoisotopic (exact) mass is 270 g/mol. The van der Waals surface area contributed by atoms with Gasteiger partial charge in [0, 0.05) is 23.2 Å². The quantitative estimate of drug-likeness (QED) is 0.534. The van der Waals surface area contributed by atoms with Crippen LogP contribution >= 0.6 is 0 Å². The van der Waals surface area contributed by atoms with Crippen molar-refractivity contribution in [3.63, 3.8) is 0 Å². The number of aromatic nitrogens is 2. The average molecular weight is 270 g/mol. The molecule has 7 nitrogen and oxygen atoms in total. The third kappa shape index (κ3) is 2.24. The zero-order valence-electron chi connectivity index (χ0n) is 10.7. The zero-order chi connectivity index (χ0) is 14.2. The number of nitrogens with one attached hydrogen (secondary N) is 1. The van der Waals surface area contributed by atoms with Gasteiger partial charge in [0.15, 0.2) is 0 Å². The lowest BCUT2D eigenvalue weighted by Crippen LogP contribution is -2.37. The molecule has 1 aromatic heterocycles. The molecule has 0 radical (unpaired) electrons. The molecule has 7 heteroatoms. The molecule has 0 saturated heterocycles. The Morgan fingerprint density at radius 1 is 1.42 bits per heavy atom. The number of H-pyrrole nitrogens is 1. The van der Waals surface area contributed by atoms with E-state index in [2.05, 4.69) is 4.98 Å². The second kappa shape index (κ2) is 4.92. The number of rotatable bonds is 3. The van der Waals surface area contributed by atoms with Gasteiger partial charge in [-0.15, -0.1) is 0 Å². The molecule has 2 atom stereocenters. The van der Waals surface area contributed by atoms with Gasteiger partial charge in [-0.25, -0.2) is 4.79 Å². The van der Waals surface area contributed by atoms with Crippen molar-refractivity contribution in [3.05, 3.63) is 32.6 Å². The molecule has 0 unspecified atom stereocenters. The van der Waals surface area contributed by atoms with Gasteiger partial charge in [-0.05, 0) is 19.8 Å². The van der Waals surface area contributed by atoms with Crippen LogP contribution < -0.4 is 11.2 Å². The molecule has 0 aliphatic heterocycles. The van der Waals surface area contributed by atoms with E-state index in [1.54, 1.807) is 6.92 Å². The van der Waals surface area contributed by atoms with Crippen molar-refractivity contribution in [2.75, 3.05) is 13.2 Å². The second-order valence-electron chi connectivity index (χ2n) is 5.27. The summed E-state index contributed by atoms with van der Waals surface area (Å²) in [6.45, 7) is 0.891. The Balaban J connectivity index is 2.38. The molecular formula is C12H18N2O5. The Hall–Kier alpha value is -1.44. The molecule has 0 aromatic carbocycles. The second-order valence-corrected chi connectivity index (χ2v) is 5.27. The van der Waals surface area contributed by atoms with Crippen molar-refractivity contribution in [2.45, 2.75) is 31.9 Å². The predicted molar refractivity (Wildman–Crippen MR) is 66.9 cm³/mol. The van der Waals surface area contributed by atoms with E-state index in [1.807, 2.05) is 0 Å². The maximum absolute atomic E-state index is 11.8. The molecule has 2 rings (SSSR count). The summed E-state index contributed by atoms with van der Waals surface area (Å²) < 4.78 is 1.35. The summed E-state index contributed by atoms with van der Waals surface area (Å²) in [5.41, 5.74) is -1.57. The molecule has 0 amide bonds. The van der Waals surface area contributed by atoms with E-state index in [9.17, 15) is 24.9 Å². The molecule has 0 bridgehead atoms. The normalized spacial score (nSPS) is 25.7. The molecule has 1 aliphatic carbocycles. The molecule has 4 N–H and O–H groups in total. The van der Waals surface area contributed by atoms with Crippen LogP contribution in [-0.2, 0) is 0 Å². The third-order valence-corrected chi connectivity index (χ3v) is 4.01. The third-order valence-electron chi connectivity index (χ3n) is 4.01. The van der Waals surface area contributed by atoms with E-state index in [-0.39, 0.29) is 32.1 Å². The highest BCUT2D eigenvalue weighted by Crippen LogP contribution is 2.43. The maximum Gasteiger partial charge on any atom is 0.328 e. The highest BCUT2D eigenvalue weighted by Gasteiger charge is 2.46. The molecule has 106 valence electrons. The number of aliphatic hydroxyl groups is 3. The number of hydrogen-bond acceptors (Lipinski definition) is 5. The van der Waals surface area contributed by atoms with Crippen molar-refractivity contribution in [2.24, 2.45) is 5.41 Å². The molecule has 19 heavy (non-hydrogen) atoms. The molecule has 1 aromatic rings. The summed E-state index contributed by atoms with van der Waals surface area (Å²) >= 11 is 0. The predicted octanol–water partition coefficient (Wildman–Crippen LogP) is -1.49. The SMILES string of the molecule is Cc1cn([C@H]2C[C@H](O)C(CO)(CO)C2)c(=O)[nH]c1=O. The van der Waals surface area contributed by atoms with E-state index in [0.29, 0.717) is 5.56 Å². The number of aromatic amines is 1. The number of nitrogens with zero attached hydrogens (tertiary/aromatic N) is 1. The molecule has 1 aliphatic rings. The van der Waals surface area contributed by atoms with Gasteiger partial charge in [-0.2, -0.15) is 0 Å². The lowest BCUT2D eigenvalue weighted by molar-refractivity contribution is -0.0316. The van der Waals surface area contributed by atoms with Crippen LogP contribution in [0.1, 0.15) is 24.4 Å². The smallest absolute Gasteiger partial charge is 0.328 e. The number of aryl methyl sites for hydroxylation is 1. The minimum Gasteiger partial charge on any atom is -0.396 e. The van der Waals surface area contributed by atoms with E-state index in [4.69, 9.17) is 0 Å². The van der Waals surface area contributed by atoms with Gasteiger partial charge < -0.3 is 15.3 Å². The van der Waals surface area contributed by atoms with Gasteiger partial charge in [-0.1, -0.05) is 0 Å². The number of hydrogen-bond donors (Lipinski definition) is 4. The minimum atomic E-state index is -0.992. The lowest BCUT2D eigenvalue weighted by Gasteiger charge is -2.27. The summed E-state index contributed by atoms with van der Waals surface area (Å²) in [5, 5.41) is 28.7. The fourth-order valence-electron chi connectivity index (χ4n) is 2.66. The van der Waals surface area contributed by atoms with Gasteiger partial charge in [0.2, 0.25) is 0 Å². The Labute approximate surface area is 109 Å². The first-order valence-electron chi connectivity index (χ1n) is 6.15. The topological polar surface area (TPSA) is 116 Å². The van der Waals surface area contributed by atoms with Crippen LogP contribution in [0, 0.1) is 12.3 Å². The van der Waals surface area contributed by atoms with Gasteiger partial charge in [0.05, 0.1) is 19.3 Å². The van der Waals surface area contributed by atoms with Gasteiger partial charge in [0.1, 0.15) is 0 Å². The summed E-state index contributed by atoms with van der Waals surface area (Å²) in [4.78, 5) is 25.3. The molecule has 1 fully saturated rings. The standard InChI is InChI=1S/C12H18N2O5/c1-7-4-14(11(19)13-10(7)18)8-2-9(17)12(3-8,5-15)6-16/h4,8-9,15-17H,2-3,5-6H2,1H3,(H,13,18,19)/t8-,9-/m0/s1. The Morgan fingerprint density at radius 2 is 2.05 bits per heavy atom. The fourth-order valence-corrected chi connectivity index (χ4v) is 2.66. The Bertz CT molecular complexity index is 572. The minimum absolute atomic E-state index is 0.256. The highest BCUT2D eigenvalue weighted by molar-refractivity contribution is 5.05. The Kier molecular flexibility index (Phi) is 3.62. The molecule has 1 saturated carbocycles. The first kappa shape index (κ1) is 14.0. The molecule has 0 spiro atoms. The average Bonchev–Trinajstić information content (AvgIpc) is 2.71. The first-order valence-corrected chi connectivity index (χ1v) is 6.15. The van der Waals surface area contributed by atoms with Crippen LogP contribution in [0.25, 0.3) is 0 Å². The Morgan fingerprint density at radius 3 is 2.58 bits per heavy atom. The summed E-state index contributed by atoms with van der Waals surface area (Å²) in [5.74, 6) is 0. The van der Waals surface area contributed by atoms with Crippen molar-refractivity contribution in [3.8, 4) is 0 Å². The zero-order valence-corrected chi connectivity index (χ0v) is 10.7. The van der Waals surface area contributed by atoms with Crippen LogP contribution in [0.2, 0.25) is 0 Å². The van der Waals surface area contributed by atoms with Crippen molar-refractivity contribution in [1.82, 2.24) is 9.55 Å². The van der Waals surface area contributed by atoms with E-state index in [0.717, 1.165) is 0 Å². The molecular weight excluding hydrogens is 252 g/mol. The summed E-state index contributed by atoms with van der Waals surface area (Å²) in [7, 11) is 0. The lowest BCUT2D eigenvalue weighted by atomic mass is 9.86. The molecule has 1 heterocycles. The van der Waals surface area contributed by atoms with Crippen LogP contribution in [0.5, 0.6) is 0 Å². The van der Waals surface area contributed by atoms with Crippen LogP contribution in [0.4, 0.5) is 0 Å². The highest BCUT2D eigenvalue weighted by atomic mass is 16.3. The van der Waals surface area contributed by atoms with Crippen LogP contribution in [-0.4, -0.2) is 44.2 Å². The van der Waals surface area contributed by atoms with Crippen LogP contribution in [0.3, 0.4) is 0 Å². The van der Waals surface area contributed by atoms with Crippen molar-refractivity contribution >= 4 is 0 Å². The van der Waals surface area contributed by atoms with E-state index < -0.39 is 22.8 Å². The van der Waals surface area contributed by atoms with E-state index in [1.165, 1.54) is 10.8 Å². The van der Waals surface area contributed by atoms with Crippen molar-refractivity contribution < 1.29 is 15.3 Å². The van der Waals surface area contributed by atoms with Crippen molar-refractivity contribution in [1.29, 1.82) is 0 Å². The van der Waals surface area contributed by atoms with Crippen LogP contribution in [0.15, 0.2) is 15.8 Å². The van der Waals surface area contributed by atoms with E-state index >= 15 is 0 Å². The number of aliphatic hydroxyl groups excluding tert-OH is 3. The maximum atomic E-state index is 11.8. The summed E-state index contributed by atoms with van der Waals surface area (Å²) in [6.07, 6.45) is 1.11. The first-order chi connectivity index (χ1) is 8.93. The largest absolute Gasteiger partial charge is 0.396 e. The fraction of sp³-hybridized carbons (Fsp3) is 0.667. The van der Waals surface area contributed by atoms with Gasteiger partial charge in [-0.3, -0.25) is 14.3 Å². The van der Waals surface area contributed by atoms with Gasteiger partial charge >= 0.3 is 5.69 Å².